The van der Waals surface area contributed by atoms with Gasteiger partial charge in [-0.25, -0.2) is 4.98 Å². The molecular weight excluding hydrogens is 320 g/mol. The largest absolute Gasteiger partial charge is 0.439 e. The van der Waals surface area contributed by atoms with Gasteiger partial charge in [0.15, 0.2) is 5.58 Å². The van der Waals surface area contributed by atoms with Crippen LogP contribution in [0.25, 0.3) is 11.1 Å². The second-order valence-corrected chi connectivity index (χ2v) is 6.77. The second kappa shape index (κ2) is 6.84. The van der Waals surface area contributed by atoms with Crippen LogP contribution in [-0.4, -0.2) is 40.8 Å². The molecule has 25 heavy (non-hydrogen) atoms. The molecule has 0 radical (unpaired) electrons. The predicted octanol–water partition coefficient (Wildman–Crippen LogP) is 2.03. The lowest BCUT2D eigenvalue weighted by atomic mass is 10.0. The van der Waals surface area contributed by atoms with Gasteiger partial charge in [0.05, 0.1) is 6.54 Å². The van der Waals surface area contributed by atoms with Crippen LogP contribution in [0.2, 0.25) is 0 Å². The zero-order valence-corrected chi connectivity index (χ0v) is 14.1. The number of hydrogen-bond donors (Lipinski definition) is 2. The molecule has 3 heterocycles. The number of oxazole rings is 1. The second-order valence-electron chi connectivity index (χ2n) is 6.77. The first kappa shape index (κ1) is 16.1. The summed E-state index contributed by atoms with van der Waals surface area (Å²) in [6, 6.07) is 4.98. The van der Waals surface area contributed by atoms with E-state index < -0.39 is 6.04 Å². The molecule has 1 aromatic heterocycles. The molecule has 2 aromatic rings. The third kappa shape index (κ3) is 3.66. The number of likely N-dealkylation sites (tertiary alicyclic amines) is 1. The van der Waals surface area contributed by atoms with Gasteiger partial charge < -0.3 is 15.1 Å². The van der Waals surface area contributed by atoms with Crippen LogP contribution in [0.1, 0.15) is 38.0 Å². The van der Waals surface area contributed by atoms with Gasteiger partial charge in [0.1, 0.15) is 11.6 Å². The lowest BCUT2D eigenvalue weighted by molar-refractivity contribution is -0.128. The summed E-state index contributed by atoms with van der Waals surface area (Å²) in [5, 5.41) is 5.59. The lowest BCUT2D eigenvalue weighted by Crippen LogP contribution is -2.46. The highest BCUT2D eigenvalue weighted by atomic mass is 16.3. The number of nitrogens with one attached hydrogen (secondary N) is 2. The molecule has 1 atom stereocenters. The Bertz CT molecular complexity index is 795. The summed E-state index contributed by atoms with van der Waals surface area (Å²) in [4.78, 5) is 30.6. The summed E-state index contributed by atoms with van der Waals surface area (Å²) >= 11 is 0. The first-order valence-corrected chi connectivity index (χ1v) is 8.89. The highest BCUT2D eigenvalue weighted by molar-refractivity contribution is 5.98. The van der Waals surface area contributed by atoms with Gasteiger partial charge in [-0.2, -0.15) is 0 Å². The van der Waals surface area contributed by atoms with Crippen LogP contribution in [0.3, 0.4) is 0 Å². The van der Waals surface area contributed by atoms with Gasteiger partial charge >= 0.3 is 0 Å². The van der Waals surface area contributed by atoms with E-state index in [-0.39, 0.29) is 11.8 Å². The summed E-state index contributed by atoms with van der Waals surface area (Å²) in [6.07, 6.45) is 4.37. The fraction of sp³-hybridized carbons (Fsp3) is 0.500. The molecule has 2 saturated heterocycles. The van der Waals surface area contributed by atoms with Gasteiger partial charge in [-0.1, -0.05) is 0 Å². The first-order valence-electron chi connectivity index (χ1n) is 8.89. The Morgan fingerprint density at radius 1 is 1.32 bits per heavy atom. The zero-order chi connectivity index (χ0) is 17.2. The molecule has 7 heteroatoms. The quantitative estimate of drug-likeness (QED) is 0.888. The molecule has 2 aliphatic heterocycles. The third-order valence-corrected chi connectivity index (χ3v) is 4.81. The van der Waals surface area contributed by atoms with Crippen LogP contribution in [0.15, 0.2) is 22.6 Å². The van der Waals surface area contributed by atoms with E-state index in [0.717, 1.165) is 37.2 Å². The van der Waals surface area contributed by atoms with E-state index in [9.17, 15) is 9.59 Å². The molecule has 4 rings (SSSR count). The van der Waals surface area contributed by atoms with E-state index in [1.807, 2.05) is 12.1 Å². The van der Waals surface area contributed by atoms with Crippen LogP contribution in [0.5, 0.6) is 0 Å². The molecule has 0 unspecified atom stereocenters. The van der Waals surface area contributed by atoms with Gasteiger partial charge in [0.25, 0.3) is 0 Å². The van der Waals surface area contributed by atoms with E-state index in [4.69, 9.17) is 4.42 Å². The number of rotatable bonds is 4. The minimum Gasteiger partial charge on any atom is -0.439 e. The maximum absolute atomic E-state index is 12.3. The van der Waals surface area contributed by atoms with Crippen molar-refractivity contribution in [1.29, 1.82) is 0 Å². The van der Waals surface area contributed by atoms with E-state index in [1.54, 1.807) is 6.07 Å². The highest BCUT2D eigenvalue weighted by Gasteiger charge is 2.24. The van der Waals surface area contributed by atoms with Crippen LogP contribution >= 0.6 is 0 Å². The Morgan fingerprint density at radius 2 is 2.16 bits per heavy atom. The maximum atomic E-state index is 12.3. The fourth-order valence-electron chi connectivity index (χ4n) is 3.48. The van der Waals surface area contributed by atoms with Crippen molar-refractivity contribution in [3.8, 4) is 0 Å². The number of piperidine rings is 1. The van der Waals surface area contributed by atoms with Crippen molar-refractivity contribution in [2.24, 2.45) is 0 Å². The standard InChI is InChI=1S/C18H22N4O3/c23-16-5-3-4-13(20-16)18(24)19-12-6-7-15-14(10-12)21-17(25-15)11-22-8-1-2-9-22/h6-7,10,13H,1-5,8-9,11H2,(H,19,24)(H,20,23)/t13-/m1/s1. The van der Waals surface area contributed by atoms with Crippen molar-refractivity contribution in [3.63, 3.8) is 0 Å². The molecule has 0 spiro atoms. The summed E-state index contributed by atoms with van der Waals surface area (Å²) in [6.45, 7) is 2.91. The SMILES string of the molecule is O=C1CCC[C@H](C(=O)Nc2ccc3oc(CN4CCCC4)nc3c2)N1. The van der Waals surface area contributed by atoms with Gasteiger partial charge in [-0.3, -0.25) is 14.5 Å². The predicted molar refractivity (Wildman–Crippen MR) is 92.9 cm³/mol. The summed E-state index contributed by atoms with van der Waals surface area (Å²) in [7, 11) is 0. The van der Waals surface area contributed by atoms with Crippen molar-refractivity contribution in [2.75, 3.05) is 18.4 Å². The maximum Gasteiger partial charge on any atom is 0.246 e. The normalized spacial score (nSPS) is 21.4. The minimum absolute atomic E-state index is 0.0649. The molecule has 2 amide bonds. The van der Waals surface area contributed by atoms with Gasteiger partial charge in [-0.05, 0) is 57.0 Å². The molecule has 0 saturated carbocycles. The van der Waals surface area contributed by atoms with Crippen LogP contribution in [-0.2, 0) is 16.1 Å². The number of carbonyl (C=O) groups excluding carboxylic acids is 2. The van der Waals surface area contributed by atoms with Crippen molar-refractivity contribution in [1.82, 2.24) is 15.2 Å². The number of benzene rings is 1. The monoisotopic (exact) mass is 342 g/mol. The van der Waals surface area contributed by atoms with E-state index in [0.29, 0.717) is 24.4 Å². The van der Waals surface area contributed by atoms with Gasteiger partial charge in [0, 0.05) is 12.1 Å². The Labute approximate surface area is 145 Å². The van der Waals surface area contributed by atoms with E-state index in [1.165, 1.54) is 12.8 Å². The topological polar surface area (TPSA) is 87.5 Å². The van der Waals surface area contributed by atoms with Gasteiger partial charge in [-0.15, -0.1) is 0 Å². The Balaban J connectivity index is 1.45. The van der Waals surface area contributed by atoms with Crippen molar-refractivity contribution in [2.45, 2.75) is 44.7 Å². The highest BCUT2D eigenvalue weighted by Crippen LogP contribution is 2.22. The molecule has 2 aliphatic rings. The Hall–Kier alpha value is -2.41. The number of hydrogen-bond acceptors (Lipinski definition) is 5. The number of anilines is 1. The molecule has 0 bridgehead atoms. The zero-order valence-electron chi connectivity index (χ0n) is 14.1. The summed E-state index contributed by atoms with van der Waals surface area (Å²) < 4.78 is 5.80. The fourth-order valence-corrected chi connectivity index (χ4v) is 3.48. The van der Waals surface area contributed by atoms with Crippen molar-refractivity contribution < 1.29 is 14.0 Å². The van der Waals surface area contributed by atoms with Crippen LogP contribution in [0.4, 0.5) is 5.69 Å². The molecule has 132 valence electrons. The summed E-state index contributed by atoms with van der Waals surface area (Å²) in [5.41, 5.74) is 2.12. The third-order valence-electron chi connectivity index (χ3n) is 4.81. The number of amides is 2. The number of fused-ring (bicyclic) bond motifs is 1. The molecular formula is C18H22N4O3. The Morgan fingerprint density at radius 3 is 2.96 bits per heavy atom. The smallest absolute Gasteiger partial charge is 0.246 e. The first-order chi connectivity index (χ1) is 12.2. The number of nitrogens with zero attached hydrogens (tertiary/aromatic N) is 2. The number of aromatic nitrogens is 1. The van der Waals surface area contributed by atoms with Crippen molar-refractivity contribution in [3.05, 3.63) is 24.1 Å². The molecule has 2 N–H and O–H groups in total. The average Bonchev–Trinajstić information content (AvgIpc) is 3.24. The molecule has 0 aliphatic carbocycles. The van der Waals surface area contributed by atoms with E-state index in [2.05, 4.69) is 20.5 Å². The number of carbonyl (C=O) groups is 2. The average molecular weight is 342 g/mol. The Kier molecular flexibility index (Phi) is 4.40. The molecule has 7 nitrogen and oxygen atoms in total. The lowest BCUT2D eigenvalue weighted by Gasteiger charge is -2.22. The van der Waals surface area contributed by atoms with E-state index >= 15 is 0 Å². The molecule has 2 fully saturated rings. The molecule has 1 aromatic carbocycles. The van der Waals surface area contributed by atoms with Gasteiger partial charge in [0.2, 0.25) is 17.7 Å². The minimum atomic E-state index is -0.458. The van der Waals surface area contributed by atoms with Crippen molar-refractivity contribution >= 4 is 28.6 Å². The summed E-state index contributed by atoms with van der Waals surface area (Å²) in [5.74, 6) is 0.456. The van der Waals surface area contributed by atoms with Crippen LogP contribution in [0, 0.1) is 0 Å². The van der Waals surface area contributed by atoms with Crippen LogP contribution < -0.4 is 10.6 Å².